The van der Waals surface area contributed by atoms with E-state index in [9.17, 15) is 5.11 Å². The summed E-state index contributed by atoms with van der Waals surface area (Å²) in [5, 5.41) is 24.8. The second kappa shape index (κ2) is 22.5. The van der Waals surface area contributed by atoms with Crippen molar-refractivity contribution in [3.05, 3.63) is 172 Å². The Bertz CT molecular complexity index is 2220. The third-order valence-electron chi connectivity index (χ3n) is 10.9. The zero-order chi connectivity index (χ0) is 41.1. The fourth-order valence-corrected chi connectivity index (χ4v) is 7.71. The Morgan fingerprint density at radius 2 is 1.40 bits per heavy atom. The van der Waals surface area contributed by atoms with Gasteiger partial charge in [-0.25, -0.2) is 0 Å². The van der Waals surface area contributed by atoms with Gasteiger partial charge in [0.15, 0.2) is 0 Å². The van der Waals surface area contributed by atoms with Gasteiger partial charge in [-0.15, -0.1) is 24.8 Å². The number of benzene rings is 5. The van der Waals surface area contributed by atoms with E-state index in [2.05, 4.69) is 140 Å². The first-order valence-corrected chi connectivity index (χ1v) is 20.7. The van der Waals surface area contributed by atoms with Crippen molar-refractivity contribution in [2.75, 3.05) is 39.3 Å². The van der Waals surface area contributed by atoms with Crippen molar-refractivity contribution in [1.82, 2.24) is 20.1 Å². The molecule has 0 bridgehead atoms. The molecule has 0 aliphatic carbocycles. The minimum absolute atomic E-state index is 0. The second-order valence-electron chi connectivity index (χ2n) is 17.0. The number of nitrogens with one attached hydrogen (secondary N) is 2. The van der Waals surface area contributed by atoms with Crippen molar-refractivity contribution in [3.63, 3.8) is 0 Å². The van der Waals surface area contributed by atoms with Crippen molar-refractivity contribution >= 4 is 47.3 Å². The first-order chi connectivity index (χ1) is 27.9. The lowest BCUT2D eigenvalue weighted by Gasteiger charge is -2.40. The molecule has 7 nitrogen and oxygen atoms in total. The Balaban J connectivity index is 0.000000258. The molecule has 1 aromatic heterocycles. The second-order valence-corrected chi connectivity index (χ2v) is 17.4. The van der Waals surface area contributed by atoms with E-state index in [-0.39, 0.29) is 48.4 Å². The standard InChI is InChI=1S/C28H33ClN2.C22H25N3O2.2ClH/c1-28(2,3)25-13-9-22(10-14-25)21-30-17-19-31(20-18-30)27(23-7-5-4-6-8-23)24-11-15-26(29)16-12-24;1-22(2,11-17-13-24-20-9-5-4-8-19(17)20)25-14-18(26)15-27-21-10-6-3-7-16(21)12-23;;/h4-16,27H,17-21H2,1-3H3;3-10,13,18,24-26H,11,14-15H2,1-2H3;2*1H. The molecule has 2 atom stereocenters. The van der Waals surface area contributed by atoms with Crippen LogP contribution in [0.2, 0.25) is 5.02 Å². The van der Waals surface area contributed by atoms with Crippen molar-refractivity contribution in [2.24, 2.45) is 0 Å². The van der Waals surface area contributed by atoms with E-state index in [1.165, 1.54) is 33.2 Å². The number of β-amino-alcohol motifs (C(OH)–C–C–N with tert-alkyl or cyclic N) is 1. The number of aromatic nitrogens is 1. The lowest BCUT2D eigenvalue weighted by atomic mass is 9.87. The Morgan fingerprint density at radius 3 is 2.07 bits per heavy atom. The van der Waals surface area contributed by atoms with Gasteiger partial charge in [-0.05, 0) is 83.8 Å². The Labute approximate surface area is 374 Å². The number of para-hydroxylation sites is 2. The van der Waals surface area contributed by atoms with Crippen LogP contribution in [0.1, 0.15) is 74.0 Å². The minimum atomic E-state index is -0.668. The lowest BCUT2D eigenvalue weighted by molar-refractivity contribution is 0.0987. The zero-order valence-corrected chi connectivity index (χ0v) is 37.8. The van der Waals surface area contributed by atoms with Gasteiger partial charge >= 0.3 is 0 Å². The molecule has 0 amide bonds. The fraction of sp³-hybridized carbons (Fsp3) is 0.340. The highest BCUT2D eigenvalue weighted by atomic mass is 35.5. The van der Waals surface area contributed by atoms with E-state index in [0.717, 1.165) is 49.7 Å². The van der Waals surface area contributed by atoms with Crippen LogP contribution in [-0.2, 0) is 18.4 Å². The number of halogens is 3. The van der Waals surface area contributed by atoms with Gasteiger partial charge in [-0.3, -0.25) is 9.80 Å². The molecule has 7 rings (SSSR count). The van der Waals surface area contributed by atoms with Gasteiger partial charge in [0.2, 0.25) is 0 Å². The van der Waals surface area contributed by atoms with E-state index < -0.39 is 6.10 Å². The molecule has 1 aliphatic rings. The maximum atomic E-state index is 10.3. The van der Waals surface area contributed by atoms with Crippen molar-refractivity contribution in [1.29, 1.82) is 5.26 Å². The van der Waals surface area contributed by atoms with Gasteiger partial charge in [0, 0.05) is 66.9 Å². The number of rotatable bonds is 13. The molecule has 2 unspecified atom stereocenters. The topological polar surface area (TPSA) is 87.6 Å². The lowest BCUT2D eigenvalue weighted by Crippen LogP contribution is -2.47. The predicted molar refractivity (Wildman–Crippen MR) is 253 cm³/mol. The zero-order valence-electron chi connectivity index (χ0n) is 35.4. The Morgan fingerprint density at radius 1 is 0.783 bits per heavy atom. The maximum absolute atomic E-state index is 10.3. The summed E-state index contributed by atoms with van der Waals surface area (Å²) in [6, 6.07) is 46.0. The summed E-state index contributed by atoms with van der Waals surface area (Å²) in [5.74, 6) is 0.497. The molecule has 0 spiro atoms. The SMILES string of the molecule is CC(C)(C)c1ccc(CN2CCN(C(c3ccccc3)c3ccc(Cl)cc3)CC2)cc1.CC(C)(Cc1c[nH]c2ccccc12)NCC(O)COc1ccccc1C#N.Cl.Cl. The van der Waals surface area contributed by atoms with Crippen molar-refractivity contribution in [2.45, 2.75) is 70.7 Å². The van der Waals surface area contributed by atoms with Crippen LogP contribution >= 0.6 is 36.4 Å². The highest BCUT2D eigenvalue weighted by molar-refractivity contribution is 6.30. The predicted octanol–water partition coefficient (Wildman–Crippen LogP) is 10.8. The highest BCUT2D eigenvalue weighted by Gasteiger charge is 2.27. The first kappa shape index (κ1) is 48.3. The monoisotopic (exact) mass is 867 g/mol. The number of aliphatic hydroxyl groups is 1. The number of ether oxygens (including phenoxy) is 1. The molecule has 1 saturated heterocycles. The molecule has 0 radical (unpaired) electrons. The summed E-state index contributed by atoms with van der Waals surface area (Å²) in [4.78, 5) is 8.49. The summed E-state index contributed by atoms with van der Waals surface area (Å²) < 4.78 is 5.60. The fourth-order valence-electron chi connectivity index (χ4n) is 7.58. The molecule has 2 heterocycles. The van der Waals surface area contributed by atoms with Crippen LogP contribution in [0, 0.1) is 11.3 Å². The van der Waals surface area contributed by atoms with E-state index in [1.807, 2.05) is 36.5 Å². The molecule has 1 fully saturated rings. The maximum Gasteiger partial charge on any atom is 0.137 e. The van der Waals surface area contributed by atoms with Crippen LogP contribution < -0.4 is 10.1 Å². The number of nitriles is 1. The molecule has 3 N–H and O–H groups in total. The van der Waals surface area contributed by atoms with Gasteiger partial charge < -0.3 is 20.1 Å². The number of hydrogen-bond donors (Lipinski definition) is 3. The largest absolute Gasteiger partial charge is 0.489 e. The molecule has 5 aromatic carbocycles. The summed E-state index contributed by atoms with van der Waals surface area (Å²) in [6.07, 6.45) is 2.22. The number of piperazine rings is 1. The third kappa shape index (κ3) is 13.6. The van der Waals surface area contributed by atoms with E-state index in [1.54, 1.807) is 18.2 Å². The smallest absolute Gasteiger partial charge is 0.137 e. The molecule has 6 aromatic rings. The molecule has 1 aliphatic heterocycles. The normalized spacial score (nSPS) is 14.4. The van der Waals surface area contributed by atoms with Gasteiger partial charge in [-0.1, -0.05) is 129 Å². The molecule has 0 saturated carbocycles. The van der Waals surface area contributed by atoms with Crippen LogP contribution in [0.5, 0.6) is 5.75 Å². The van der Waals surface area contributed by atoms with Crippen LogP contribution in [0.15, 0.2) is 134 Å². The molecule has 318 valence electrons. The van der Waals surface area contributed by atoms with E-state index in [4.69, 9.17) is 21.6 Å². The van der Waals surface area contributed by atoms with Crippen LogP contribution in [0.25, 0.3) is 10.9 Å². The average Bonchev–Trinajstić information content (AvgIpc) is 3.63. The summed E-state index contributed by atoms with van der Waals surface area (Å²) in [7, 11) is 0. The number of nitrogens with zero attached hydrogens (tertiary/aromatic N) is 3. The van der Waals surface area contributed by atoms with Crippen molar-refractivity contribution < 1.29 is 9.84 Å². The van der Waals surface area contributed by atoms with Gasteiger partial charge in [0.1, 0.15) is 24.5 Å². The molecular formula is C50H60Cl3N5O2. The number of H-pyrrole nitrogens is 1. The van der Waals surface area contributed by atoms with Gasteiger partial charge in [0.25, 0.3) is 0 Å². The minimum Gasteiger partial charge on any atom is -0.489 e. The van der Waals surface area contributed by atoms with E-state index in [0.29, 0.717) is 17.9 Å². The number of aromatic amines is 1. The molecule has 60 heavy (non-hydrogen) atoms. The van der Waals surface area contributed by atoms with Gasteiger partial charge in [0.05, 0.1) is 11.6 Å². The van der Waals surface area contributed by atoms with Gasteiger partial charge in [-0.2, -0.15) is 5.26 Å². The number of aliphatic hydroxyl groups excluding tert-OH is 1. The van der Waals surface area contributed by atoms with Crippen molar-refractivity contribution in [3.8, 4) is 11.8 Å². The average molecular weight is 869 g/mol. The van der Waals surface area contributed by atoms with Crippen LogP contribution in [-0.4, -0.2) is 70.9 Å². The Kier molecular flexibility index (Phi) is 18.1. The molecule has 10 heteroatoms. The third-order valence-corrected chi connectivity index (χ3v) is 11.1. The molecular weight excluding hydrogens is 809 g/mol. The first-order valence-electron chi connectivity index (χ1n) is 20.3. The quantitative estimate of drug-likeness (QED) is 0.107. The summed E-state index contributed by atoms with van der Waals surface area (Å²) in [6.45, 7) is 16.9. The summed E-state index contributed by atoms with van der Waals surface area (Å²) in [5.41, 5.74) is 8.32. The van der Waals surface area contributed by atoms with Crippen LogP contribution in [0.3, 0.4) is 0 Å². The van der Waals surface area contributed by atoms with Crippen LogP contribution in [0.4, 0.5) is 0 Å². The van der Waals surface area contributed by atoms with E-state index >= 15 is 0 Å². The number of fused-ring (bicyclic) bond motifs is 1. The highest BCUT2D eigenvalue weighted by Crippen LogP contribution is 2.31. The summed E-state index contributed by atoms with van der Waals surface area (Å²) >= 11 is 6.16. The Hall–Kier alpha value is -4.36. The number of hydrogen-bond acceptors (Lipinski definition) is 6.